The first kappa shape index (κ1) is 65.8. The second-order valence-electron chi connectivity index (χ2n) is 21.0. The lowest BCUT2D eigenvalue weighted by Gasteiger charge is -2.31. The molecule has 0 spiro atoms. The lowest BCUT2D eigenvalue weighted by molar-refractivity contribution is -0.146. The normalized spacial score (nSPS) is 16.6. The highest BCUT2D eigenvalue weighted by molar-refractivity contribution is 7.98. The van der Waals surface area contributed by atoms with E-state index in [-0.39, 0.29) is 82.1 Å². The predicted octanol–water partition coefficient (Wildman–Crippen LogP) is 0.703. The third kappa shape index (κ3) is 23.3. The number of thioether (sulfide) groups is 1. The van der Waals surface area contributed by atoms with Gasteiger partial charge in [0.2, 0.25) is 53.2 Å². The number of nitrogens with zero attached hydrogens (tertiary/aromatic N) is 1. The number of hydrogen-bond donors (Lipinski definition) is 11. The van der Waals surface area contributed by atoms with Crippen molar-refractivity contribution < 1.29 is 63.0 Å². The molecule has 0 unspecified atom stereocenters. The van der Waals surface area contributed by atoms with Crippen LogP contribution in [0.15, 0.2) is 30.3 Å². The van der Waals surface area contributed by atoms with Crippen molar-refractivity contribution in [2.24, 2.45) is 35.1 Å². The Labute approximate surface area is 450 Å². The number of carbonyl (C=O) groups is 11. The molecule has 2 rings (SSSR count). The highest BCUT2D eigenvalue weighted by Gasteiger charge is 2.41. The van der Waals surface area contributed by atoms with Crippen molar-refractivity contribution in [1.29, 1.82) is 0 Å². The van der Waals surface area contributed by atoms with Crippen LogP contribution >= 0.6 is 11.8 Å². The van der Waals surface area contributed by atoms with Gasteiger partial charge in [-0.3, -0.25) is 47.9 Å². The first-order valence-electron chi connectivity index (χ1n) is 26.1. The van der Waals surface area contributed by atoms with E-state index >= 15 is 0 Å². The zero-order valence-electron chi connectivity index (χ0n) is 45.5. The molecule has 1 fully saturated rings. The van der Waals surface area contributed by atoms with Crippen LogP contribution in [0.1, 0.15) is 125 Å². The maximum Gasteiger partial charge on any atom is 0.326 e. The molecule has 9 amide bonds. The van der Waals surface area contributed by atoms with Crippen LogP contribution in [-0.2, 0) is 59.2 Å². The quantitative estimate of drug-likeness (QED) is 0.0453. The number of aliphatic carboxylic acids is 2. The summed E-state index contributed by atoms with van der Waals surface area (Å²) in [6, 6.07) is -2.16. The molecule has 76 heavy (non-hydrogen) atoms. The van der Waals surface area contributed by atoms with Crippen LogP contribution in [0.3, 0.4) is 0 Å². The van der Waals surface area contributed by atoms with Crippen LogP contribution in [0, 0.1) is 23.7 Å². The molecular formula is C52H84N10O13S. The number of likely N-dealkylation sites (tertiary alicyclic amines) is 1. The van der Waals surface area contributed by atoms with E-state index in [4.69, 9.17) is 11.5 Å². The van der Waals surface area contributed by atoms with Gasteiger partial charge in [-0.15, -0.1) is 0 Å². The van der Waals surface area contributed by atoms with E-state index in [0.29, 0.717) is 12.2 Å². The van der Waals surface area contributed by atoms with E-state index in [1.165, 1.54) is 16.7 Å². The van der Waals surface area contributed by atoms with Crippen LogP contribution in [0.4, 0.5) is 0 Å². The number of benzene rings is 1. The Morgan fingerprint density at radius 1 is 0.605 bits per heavy atom. The average Bonchev–Trinajstić information content (AvgIpc) is 3.83. The molecule has 13 N–H and O–H groups in total. The molecule has 1 aromatic carbocycles. The molecule has 1 aliphatic heterocycles. The lowest BCUT2D eigenvalue weighted by Crippen LogP contribution is -2.60. The van der Waals surface area contributed by atoms with Crippen molar-refractivity contribution in [3.05, 3.63) is 35.9 Å². The first-order valence-corrected chi connectivity index (χ1v) is 27.5. The summed E-state index contributed by atoms with van der Waals surface area (Å²) in [6.07, 6.45) is 1.32. The van der Waals surface area contributed by atoms with Crippen LogP contribution in [-0.4, -0.2) is 153 Å². The number of nitrogens with one attached hydrogen (secondary N) is 7. The van der Waals surface area contributed by atoms with E-state index in [1.807, 2.05) is 44.2 Å². The predicted molar refractivity (Wildman–Crippen MR) is 286 cm³/mol. The molecular weight excluding hydrogens is 1000 g/mol. The van der Waals surface area contributed by atoms with Crippen LogP contribution in [0.25, 0.3) is 0 Å². The van der Waals surface area contributed by atoms with Gasteiger partial charge in [-0.2, -0.15) is 11.8 Å². The van der Waals surface area contributed by atoms with Crippen molar-refractivity contribution in [2.45, 2.75) is 180 Å². The fourth-order valence-electron chi connectivity index (χ4n) is 8.56. The van der Waals surface area contributed by atoms with Crippen LogP contribution in [0.5, 0.6) is 0 Å². The first-order chi connectivity index (χ1) is 35.6. The van der Waals surface area contributed by atoms with Gasteiger partial charge in [0.1, 0.15) is 48.3 Å². The largest absolute Gasteiger partial charge is 0.481 e. The molecule has 0 saturated carbocycles. The van der Waals surface area contributed by atoms with Crippen molar-refractivity contribution in [3.63, 3.8) is 0 Å². The van der Waals surface area contributed by atoms with Crippen molar-refractivity contribution in [1.82, 2.24) is 42.1 Å². The highest BCUT2D eigenvalue weighted by Crippen LogP contribution is 2.21. The van der Waals surface area contributed by atoms with Crippen molar-refractivity contribution in [3.8, 4) is 0 Å². The minimum Gasteiger partial charge on any atom is -0.481 e. The third-order valence-electron chi connectivity index (χ3n) is 12.5. The van der Waals surface area contributed by atoms with Crippen LogP contribution < -0.4 is 48.7 Å². The van der Waals surface area contributed by atoms with Gasteiger partial charge in [-0.1, -0.05) is 85.7 Å². The molecule has 426 valence electrons. The zero-order valence-corrected chi connectivity index (χ0v) is 46.3. The van der Waals surface area contributed by atoms with Gasteiger partial charge in [-0.25, -0.2) is 4.79 Å². The van der Waals surface area contributed by atoms with E-state index < -0.39 is 132 Å². The van der Waals surface area contributed by atoms with Gasteiger partial charge in [-0.05, 0) is 99.0 Å². The molecule has 1 aromatic rings. The number of carboxylic acid groups (broad SMARTS) is 2. The molecule has 1 aliphatic rings. The molecule has 24 heteroatoms. The Morgan fingerprint density at radius 3 is 1.47 bits per heavy atom. The molecule has 23 nitrogen and oxygen atoms in total. The number of carbonyl (C=O) groups excluding carboxylic acids is 9. The number of primary amides is 1. The second kappa shape index (κ2) is 33.0. The lowest BCUT2D eigenvalue weighted by atomic mass is 9.99. The van der Waals surface area contributed by atoms with Gasteiger partial charge in [0.05, 0.1) is 6.04 Å². The molecule has 1 heterocycles. The molecule has 1 saturated heterocycles. The van der Waals surface area contributed by atoms with E-state index in [0.717, 1.165) is 5.56 Å². The summed E-state index contributed by atoms with van der Waals surface area (Å²) in [4.78, 5) is 148. The maximum atomic E-state index is 14.3. The Bertz CT molecular complexity index is 2150. The van der Waals surface area contributed by atoms with E-state index in [2.05, 4.69) is 37.2 Å². The molecule has 9 atom stereocenters. The zero-order chi connectivity index (χ0) is 57.4. The molecule has 0 bridgehead atoms. The van der Waals surface area contributed by atoms with Gasteiger partial charge in [0, 0.05) is 19.4 Å². The number of amides is 9. The Kier molecular flexibility index (Phi) is 28.6. The summed E-state index contributed by atoms with van der Waals surface area (Å²) < 4.78 is 0. The average molecular weight is 1090 g/mol. The highest BCUT2D eigenvalue weighted by atomic mass is 32.2. The molecule has 0 aliphatic carbocycles. The Balaban J connectivity index is 2.39. The van der Waals surface area contributed by atoms with E-state index in [9.17, 15) is 63.0 Å². The van der Waals surface area contributed by atoms with Crippen molar-refractivity contribution in [2.75, 3.05) is 18.6 Å². The minimum absolute atomic E-state index is 0.0358. The summed E-state index contributed by atoms with van der Waals surface area (Å²) in [5.74, 6) is -10.0. The summed E-state index contributed by atoms with van der Waals surface area (Å²) in [6.45, 7) is 14.2. The fraction of sp³-hybridized carbons (Fsp3) is 0.673. The smallest absolute Gasteiger partial charge is 0.326 e. The second-order valence-corrected chi connectivity index (χ2v) is 22.0. The Morgan fingerprint density at radius 2 is 1.04 bits per heavy atom. The van der Waals surface area contributed by atoms with Crippen LogP contribution in [0.2, 0.25) is 0 Å². The molecule has 0 aromatic heterocycles. The monoisotopic (exact) mass is 1090 g/mol. The summed E-state index contributed by atoms with van der Waals surface area (Å²) in [7, 11) is 0. The number of carboxylic acids is 2. The topological polar surface area (TPSA) is 368 Å². The Hall–Kier alpha value is -6.30. The van der Waals surface area contributed by atoms with E-state index in [1.54, 1.807) is 47.8 Å². The SMILES string of the molecule is CSCC[C@H](NC(=O)[C@H](CC(C)C)NC(=O)[C@H](CC(C)C)NC(=O)[C@H](CCC(N)=O)NC(=O)[C@H](CC(C)C)NC(=O)[C@@H](N)Cc1ccccc1)C(=O)N[C@@H](CCC(=O)O)C(=O)N1CCC[C@H]1C(=O)N[C@H](C(=O)O)C(C)C. The standard InChI is InChI=1S/C52H84N10O13S/c1-28(2)24-37(58-44(66)33(53)27-32-14-11-10-12-15-32)47(69)55-34(17-19-41(54)63)45(67)59-39(26-30(5)6)49(71)60-38(25-29(3)4)48(70)56-35(21-23-76-9)46(68)57-36(18-20-42(64)65)51(73)62-22-13-16-40(62)50(72)61-43(31(7)8)52(74)75/h10-12,14-15,28-31,33-40,43H,13,16-27,53H2,1-9H3,(H2,54,63)(H,55,69)(H,56,70)(H,57,68)(H,58,66)(H,59,67)(H,60,71)(H,61,72)(H,64,65)(H,74,75)/t33-,34-,35-,36-,37-,38-,39-,40-,43-/m0/s1. The maximum absolute atomic E-state index is 14.3. The summed E-state index contributed by atoms with van der Waals surface area (Å²) >= 11 is 1.35. The van der Waals surface area contributed by atoms with Gasteiger partial charge >= 0.3 is 11.9 Å². The number of hydrogen-bond acceptors (Lipinski definition) is 13. The fourth-order valence-corrected chi connectivity index (χ4v) is 9.03. The van der Waals surface area contributed by atoms with Crippen molar-refractivity contribution >= 4 is 76.9 Å². The number of nitrogens with two attached hydrogens (primary N) is 2. The van der Waals surface area contributed by atoms with Gasteiger partial charge in [0.25, 0.3) is 0 Å². The molecule has 0 radical (unpaired) electrons. The number of rotatable bonds is 34. The van der Waals surface area contributed by atoms with Gasteiger partial charge in [0.15, 0.2) is 0 Å². The summed E-state index contributed by atoms with van der Waals surface area (Å²) in [5, 5.41) is 37.8. The minimum atomic E-state index is -1.46. The van der Waals surface area contributed by atoms with Gasteiger partial charge < -0.3 is 63.8 Å². The third-order valence-corrected chi connectivity index (χ3v) is 13.2. The summed E-state index contributed by atoms with van der Waals surface area (Å²) in [5.41, 5.74) is 12.5.